The van der Waals surface area contributed by atoms with Gasteiger partial charge in [-0.15, -0.1) is 0 Å². The fraction of sp³-hybridized carbons (Fsp3) is 0.429. The van der Waals surface area contributed by atoms with E-state index in [9.17, 15) is 0 Å². The van der Waals surface area contributed by atoms with Crippen LogP contribution in [0.5, 0.6) is 0 Å². The van der Waals surface area contributed by atoms with Gasteiger partial charge in [-0.25, -0.2) is 0 Å². The number of para-hydroxylation sites is 1. The molecule has 0 amide bonds. The number of benzene rings is 1. The molecule has 17 heavy (non-hydrogen) atoms. The molecule has 0 fully saturated rings. The lowest BCUT2D eigenvalue weighted by Gasteiger charge is -2.08. The number of aromatic nitrogens is 1. The number of rotatable bonds is 5. The molecule has 0 N–H and O–H groups in total. The van der Waals surface area contributed by atoms with E-state index in [4.69, 9.17) is 9.47 Å². The Labute approximate surface area is 102 Å². The number of hydrogen-bond acceptors (Lipinski definition) is 2. The van der Waals surface area contributed by atoms with Crippen LogP contribution in [0.1, 0.15) is 18.2 Å². The molecule has 0 aliphatic carbocycles. The Morgan fingerprint density at radius 1 is 1.29 bits per heavy atom. The highest BCUT2D eigenvalue weighted by Crippen LogP contribution is 2.23. The Bertz CT molecular complexity index is 502. The summed E-state index contributed by atoms with van der Waals surface area (Å²) in [7, 11) is 3.75. The van der Waals surface area contributed by atoms with Gasteiger partial charge in [-0.1, -0.05) is 25.1 Å². The molecule has 0 saturated carbocycles. The van der Waals surface area contributed by atoms with E-state index in [0.29, 0.717) is 13.4 Å². The van der Waals surface area contributed by atoms with Crippen LogP contribution in [0.15, 0.2) is 24.3 Å². The van der Waals surface area contributed by atoms with Gasteiger partial charge in [0.1, 0.15) is 6.79 Å². The van der Waals surface area contributed by atoms with Crippen molar-refractivity contribution < 1.29 is 9.47 Å². The summed E-state index contributed by atoms with van der Waals surface area (Å²) in [6.45, 7) is 3.10. The van der Waals surface area contributed by atoms with E-state index >= 15 is 0 Å². The summed E-state index contributed by atoms with van der Waals surface area (Å²) in [5.41, 5.74) is 3.82. The molecule has 0 saturated heterocycles. The maximum absolute atomic E-state index is 5.44. The molecule has 0 bridgehead atoms. The van der Waals surface area contributed by atoms with Crippen LogP contribution >= 0.6 is 0 Å². The summed E-state index contributed by atoms with van der Waals surface area (Å²) < 4.78 is 12.6. The highest BCUT2D eigenvalue weighted by molar-refractivity contribution is 5.84. The van der Waals surface area contributed by atoms with Crippen molar-refractivity contribution in [2.45, 2.75) is 20.0 Å². The van der Waals surface area contributed by atoms with Crippen LogP contribution in [0.25, 0.3) is 10.9 Å². The number of ether oxygens (including phenoxy) is 2. The molecule has 0 atom stereocenters. The smallest absolute Gasteiger partial charge is 0.146 e. The summed E-state index contributed by atoms with van der Waals surface area (Å²) in [4.78, 5) is 0. The molecule has 3 nitrogen and oxygen atoms in total. The SMILES string of the molecule is CCc1cc2cccc(COCOC)c2n1C. The van der Waals surface area contributed by atoms with Crippen molar-refractivity contribution >= 4 is 10.9 Å². The Morgan fingerprint density at radius 3 is 2.82 bits per heavy atom. The molecule has 1 aromatic carbocycles. The maximum atomic E-state index is 5.44. The van der Waals surface area contributed by atoms with Crippen LogP contribution in [0, 0.1) is 0 Å². The normalized spacial score (nSPS) is 11.2. The molecule has 92 valence electrons. The van der Waals surface area contributed by atoms with Crippen LogP contribution in [0.2, 0.25) is 0 Å². The second kappa shape index (κ2) is 5.34. The van der Waals surface area contributed by atoms with E-state index in [-0.39, 0.29) is 0 Å². The quantitative estimate of drug-likeness (QED) is 0.585. The molecule has 0 aliphatic rings. The van der Waals surface area contributed by atoms with Gasteiger partial charge < -0.3 is 14.0 Å². The fourth-order valence-corrected chi connectivity index (χ4v) is 2.25. The Balaban J connectivity index is 2.38. The minimum absolute atomic E-state index is 0.335. The Morgan fingerprint density at radius 2 is 2.12 bits per heavy atom. The largest absolute Gasteiger partial charge is 0.359 e. The first-order chi connectivity index (χ1) is 8.27. The molecule has 1 heterocycles. The summed E-state index contributed by atoms with van der Waals surface area (Å²) in [5, 5.41) is 1.28. The molecule has 0 unspecified atom stereocenters. The van der Waals surface area contributed by atoms with Crippen LogP contribution in [-0.2, 0) is 29.5 Å². The van der Waals surface area contributed by atoms with Crippen LogP contribution in [-0.4, -0.2) is 18.5 Å². The van der Waals surface area contributed by atoms with Gasteiger partial charge in [0.25, 0.3) is 0 Å². The summed E-state index contributed by atoms with van der Waals surface area (Å²) in [5.74, 6) is 0. The Hall–Kier alpha value is -1.32. The lowest BCUT2D eigenvalue weighted by molar-refractivity contribution is -0.0387. The van der Waals surface area contributed by atoms with Crippen LogP contribution in [0.3, 0.4) is 0 Å². The first-order valence-corrected chi connectivity index (χ1v) is 5.90. The summed E-state index contributed by atoms with van der Waals surface area (Å²) in [6.07, 6.45) is 1.05. The number of hydrogen-bond donors (Lipinski definition) is 0. The van der Waals surface area contributed by atoms with E-state index in [1.165, 1.54) is 22.2 Å². The molecular formula is C14H19NO2. The van der Waals surface area contributed by atoms with E-state index in [1.807, 2.05) is 0 Å². The average Bonchev–Trinajstić information content (AvgIpc) is 2.67. The third-order valence-corrected chi connectivity index (χ3v) is 3.06. The molecular weight excluding hydrogens is 214 g/mol. The van der Waals surface area contributed by atoms with Crippen molar-refractivity contribution in [1.82, 2.24) is 4.57 Å². The van der Waals surface area contributed by atoms with Crippen molar-refractivity contribution in [1.29, 1.82) is 0 Å². The zero-order valence-corrected chi connectivity index (χ0v) is 10.7. The van der Waals surface area contributed by atoms with Crippen molar-refractivity contribution in [2.75, 3.05) is 13.9 Å². The van der Waals surface area contributed by atoms with Crippen LogP contribution in [0.4, 0.5) is 0 Å². The van der Waals surface area contributed by atoms with E-state index < -0.39 is 0 Å². The van der Waals surface area contributed by atoms with Gasteiger partial charge in [-0.3, -0.25) is 0 Å². The third-order valence-electron chi connectivity index (χ3n) is 3.06. The third kappa shape index (κ3) is 2.35. The topological polar surface area (TPSA) is 23.4 Å². The monoisotopic (exact) mass is 233 g/mol. The summed E-state index contributed by atoms with van der Waals surface area (Å²) >= 11 is 0. The second-order valence-corrected chi connectivity index (χ2v) is 4.16. The molecule has 0 radical (unpaired) electrons. The molecule has 0 spiro atoms. The second-order valence-electron chi connectivity index (χ2n) is 4.16. The molecule has 3 heteroatoms. The fourth-order valence-electron chi connectivity index (χ4n) is 2.25. The van der Waals surface area contributed by atoms with Crippen LogP contribution < -0.4 is 0 Å². The van der Waals surface area contributed by atoms with E-state index in [1.54, 1.807) is 7.11 Å². The predicted octanol–water partition coefficient (Wildman–Crippen LogP) is 2.86. The number of methoxy groups -OCH3 is 1. The number of nitrogens with zero attached hydrogens (tertiary/aromatic N) is 1. The minimum atomic E-state index is 0.335. The zero-order chi connectivity index (χ0) is 12.3. The lowest BCUT2D eigenvalue weighted by atomic mass is 10.1. The van der Waals surface area contributed by atoms with Crippen molar-refractivity contribution in [2.24, 2.45) is 7.05 Å². The van der Waals surface area contributed by atoms with Gasteiger partial charge in [0, 0.05) is 30.8 Å². The van der Waals surface area contributed by atoms with Crippen molar-refractivity contribution in [3.63, 3.8) is 0 Å². The first-order valence-electron chi connectivity index (χ1n) is 5.90. The Kier molecular flexibility index (Phi) is 3.82. The standard InChI is InChI=1S/C14H19NO2/c1-4-13-8-11-6-5-7-12(9-17-10-16-3)14(11)15(13)2/h5-8H,4,9-10H2,1-3H3. The minimum Gasteiger partial charge on any atom is -0.359 e. The van der Waals surface area contributed by atoms with Gasteiger partial charge in [-0.05, 0) is 12.5 Å². The first kappa shape index (κ1) is 12.1. The number of aryl methyl sites for hydroxylation is 2. The van der Waals surface area contributed by atoms with Gasteiger partial charge in [-0.2, -0.15) is 0 Å². The molecule has 0 aliphatic heterocycles. The molecule has 2 rings (SSSR count). The van der Waals surface area contributed by atoms with E-state index in [2.05, 4.69) is 42.8 Å². The van der Waals surface area contributed by atoms with Crippen molar-refractivity contribution in [3.05, 3.63) is 35.5 Å². The maximum Gasteiger partial charge on any atom is 0.146 e. The number of fused-ring (bicyclic) bond motifs is 1. The highest BCUT2D eigenvalue weighted by atomic mass is 16.7. The van der Waals surface area contributed by atoms with E-state index in [0.717, 1.165) is 6.42 Å². The van der Waals surface area contributed by atoms with Crippen molar-refractivity contribution in [3.8, 4) is 0 Å². The van der Waals surface area contributed by atoms with Gasteiger partial charge in [0.2, 0.25) is 0 Å². The lowest BCUT2D eigenvalue weighted by Crippen LogP contribution is -2.00. The highest BCUT2D eigenvalue weighted by Gasteiger charge is 2.08. The van der Waals surface area contributed by atoms with Gasteiger partial charge >= 0.3 is 0 Å². The predicted molar refractivity (Wildman–Crippen MR) is 69.0 cm³/mol. The van der Waals surface area contributed by atoms with Gasteiger partial charge in [0.05, 0.1) is 12.1 Å². The van der Waals surface area contributed by atoms with Gasteiger partial charge in [0.15, 0.2) is 0 Å². The molecule has 2 aromatic rings. The molecule has 1 aromatic heterocycles. The zero-order valence-electron chi connectivity index (χ0n) is 10.7. The average molecular weight is 233 g/mol. The summed E-state index contributed by atoms with van der Waals surface area (Å²) in [6, 6.07) is 8.58.